The van der Waals surface area contributed by atoms with E-state index in [9.17, 15) is 14.7 Å². The van der Waals surface area contributed by atoms with E-state index in [1.165, 1.54) is 18.9 Å². The highest BCUT2D eigenvalue weighted by Gasteiger charge is 2.41. The maximum Gasteiger partial charge on any atom is 0.259 e. The minimum Gasteiger partial charge on any atom is -0.504 e. The third-order valence-corrected chi connectivity index (χ3v) is 6.80. The monoisotopic (exact) mass is 459 g/mol. The van der Waals surface area contributed by atoms with Crippen LogP contribution in [0.15, 0.2) is 53.9 Å². The number of hydrogen-bond donors (Lipinski definition) is 2. The largest absolute Gasteiger partial charge is 0.504 e. The number of imide groups is 1. The lowest BCUT2D eigenvalue weighted by atomic mass is 9.84. The van der Waals surface area contributed by atoms with Gasteiger partial charge in [-0.25, -0.2) is 0 Å². The minimum atomic E-state index is -0.416. The number of carbonyl (C=O) groups excluding carboxylic acids is 2. The smallest absolute Gasteiger partial charge is 0.259 e. The highest BCUT2D eigenvalue weighted by molar-refractivity contribution is 6.11. The zero-order valence-corrected chi connectivity index (χ0v) is 19.9. The molecule has 2 aromatic carbocycles. The van der Waals surface area contributed by atoms with Crippen molar-refractivity contribution in [2.45, 2.75) is 39.7 Å². The van der Waals surface area contributed by atoms with Gasteiger partial charge in [-0.2, -0.15) is 0 Å². The summed E-state index contributed by atoms with van der Waals surface area (Å²) in [5, 5.41) is 14.8. The van der Waals surface area contributed by atoms with Crippen molar-refractivity contribution in [1.82, 2.24) is 9.47 Å². The number of aromatic nitrogens is 1. The molecule has 0 radical (unpaired) electrons. The fourth-order valence-corrected chi connectivity index (χ4v) is 5.08. The Morgan fingerprint density at radius 3 is 2.76 bits per heavy atom. The van der Waals surface area contributed by atoms with E-state index >= 15 is 0 Å². The lowest BCUT2D eigenvalue weighted by molar-refractivity contribution is -0.139. The summed E-state index contributed by atoms with van der Waals surface area (Å²) in [6, 6.07) is 11.3. The number of anilines is 1. The van der Waals surface area contributed by atoms with Crippen LogP contribution in [-0.2, 0) is 16.1 Å². The van der Waals surface area contributed by atoms with Crippen LogP contribution in [0.5, 0.6) is 11.5 Å². The van der Waals surface area contributed by atoms with E-state index in [0.29, 0.717) is 17.2 Å². The van der Waals surface area contributed by atoms with E-state index in [1.54, 1.807) is 12.1 Å². The second-order valence-electron chi connectivity index (χ2n) is 9.45. The van der Waals surface area contributed by atoms with Crippen LogP contribution in [0.2, 0.25) is 0 Å². The number of amides is 2. The summed E-state index contributed by atoms with van der Waals surface area (Å²) in [5.74, 6) is -0.0509. The van der Waals surface area contributed by atoms with Gasteiger partial charge in [0.05, 0.1) is 24.7 Å². The Morgan fingerprint density at radius 1 is 1.26 bits per heavy atom. The van der Waals surface area contributed by atoms with Gasteiger partial charge in [-0.15, -0.1) is 0 Å². The number of aryl methyl sites for hydroxylation is 1. The van der Waals surface area contributed by atoms with Gasteiger partial charge in [0.25, 0.3) is 5.91 Å². The SMILES string of the molecule is COc1cc([C@@H]2C3=C(CN(C(C)=O)C3=O)Nc3cccc4c3c2cn4CCC(C)C)ccc1O. The number of aromatic hydroxyl groups is 1. The van der Waals surface area contributed by atoms with Crippen LogP contribution >= 0.6 is 0 Å². The number of phenols is 1. The van der Waals surface area contributed by atoms with Crippen molar-refractivity contribution >= 4 is 28.4 Å². The third-order valence-electron chi connectivity index (χ3n) is 6.80. The number of nitrogens with one attached hydrogen (secondary N) is 1. The number of methoxy groups -OCH3 is 1. The van der Waals surface area contributed by atoms with Crippen molar-refractivity contribution in [3.63, 3.8) is 0 Å². The number of nitrogens with zero attached hydrogens (tertiary/aromatic N) is 2. The van der Waals surface area contributed by atoms with Gasteiger partial charge < -0.3 is 19.7 Å². The molecule has 2 N–H and O–H groups in total. The molecule has 176 valence electrons. The summed E-state index contributed by atoms with van der Waals surface area (Å²) in [6.45, 7) is 6.90. The van der Waals surface area contributed by atoms with E-state index in [0.717, 1.165) is 46.4 Å². The summed E-state index contributed by atoms with van der Waals surface area (Å²) in [5.41, 5.74) is 5.14. The third kappa shape index (κ3) is 3.43. The van der Waals surface area contributed by atoms with Crippen LogP contribution in [0.3, 0.4) is 0 Å². The second kappa shape index (κ2) is 8.24. The quantitative estimate of drug-likeness (QED) is 0.583. The van der Waals surface area contributed by atoms with Crippen molar-refractivity contribution < 1.29 is 19.4 Å². The molecule has 1 aromatic heterocycles. The van der Waals surface area contributed by atoms with Gasteiger partial charge in [0.15, 0.2) is 11.5 Å². The first-order valence-corrected chi connectivity index (χ1v) is 11.6. The Bertz CT molecular complexity index is 1350. The zero-order valence-electron chi connectivity index (χ0n) is 19.9. The fourth-order valence-electron chi connectivity index (χ4n) is 5.08. The van der Waals surface area contributed by atoms with Gasteiger partial charge in [0.2, 0.25) is 5.91 Å². The summed E-state index contributed by atoms with van der Waals surface area (Å²) >= 11 is 0. The molecule has 2 aliphatic heterocycles. The number of ether oxygens (including phenoxy) is 1. The van der Waals surface area contributed by atoms with Gasteiger partial charge in [-0.3, -0.25) is 14.5 Å². The van der Waals surface area contributed by atoms with Crippen LogP contribution in [0.25, 0.3) is 10.9 Å². The Kier molecular flexibility index (Phi) is 5.35. The first kappa shape index (κ1) is 22.1. The molecule has 5 rings (SSSR count). The number of rotatable bonds is 5. The molecule has 3 aromatic rings. The predicted molar refractivity (Wildman–Crippen MR) is 131 cm³/mol. The van der Waals surface area contributed by atoms with Gasteiger partial charge >= 0.3 is 0 Å². The number of hydrogen-bond acceptors (Lipinski definition) is 5. The predicted octanol–water partition coefficient (Wildman–Crippen LogP) is 4.60. The van der Waals surface area contributed by atoms with E-state index < -0.39 is 5.92 Å². The van der Waals surface area contributed by atoms with Gasteiger partial charge in [0, 0.05) is 42.4 Å². The average molecular weight is 460 g/mol. The molecule has 7 heteroatoms. The Morgan fingerprint density at radius 2 is 2.06 bits per heavy atom. The summed E-state index contributed by atoms with van der Waals surface area (Å²) < 4.78 is 7.64. The first-order chi connectivity index (χ1) is 16.3. The maximum absolute atomic E-state index is 13.6. The van der Waals surface area contributed by atoms with Crippen LogP contribution in [0.1, 0.15) is 44.2 Å². The molecular formula is C27H29N3O4. The van der Waals surface area contributed by atoms with Crippen molar-refractivity contribution in [2.75, 3.05) is 19.0 Å². The van der Waals surface area contributed by atoms with Crippen LogP contribution in [-0.4, -0.2) is 40.0 Å². The van der Waals surface area contributed by atoms with Gasteiger partial charge in [0.1, 0.15) is 0 Å². The number of benzene rings is 2. The van der Waals surface area contributed by atoms with Crippen LogP contribution in [0.4, 0.5) is 5.69 Å². The zero-order chi connectivity index (χ0) is 24.1. The summed E-state index contributed by atoms with van der Waals surface area (Å²) in [6.07, 6.45) is 3.17. The molecule has 0 saturated carbocycles. The molecule has 34 heavy (non-hydrogen) atoms. The molecule has 0 saturated heterocycles. The lowest BCUT2D eigenvalue weighted by Gasteiger charge is -2.20. The van der Waals surface area contributed by atoms with Crippen LogP contribution in [0, 0.1) is 5.92 Å². The van der Waals surface area contributed by atoms with Crippen molar-refractivity contribution in [1.29, 1.82) is 0 Å². The topological polar surface area (TPSA) is 83.8 Å². The molecule has 0 unspecified atom stereocenters. The molecule has 3 heterocycles. The number of phenolic OH excluding ortho intramolecular Hbond substituents is 1. The van der Waals surface area contributed by atoms with E-state index in [2.05, 4.69) is 36.0 Å². The lowest BCUT2D eigenvalue weighted by Crippen LogP contribution is -2.33. The Balaban J connectivity index is 1.76. The molecule has 0 fully saturated rings. The molecule has 0 spiro atoms. The summed E-state index contributed by atoms with van der Waals surface area (Å²) in [7, 11) is 1.51. The van der Waals surface area contributed by atoms with Crippen molar-refractivity contribution in [2.24, 2.45) is 5.92 Å². The Labute approximate surface area is 198 Å². The molecule has 2 aliphatic rings. The second-order valence-corrected chi connectivity index (χ2v) is 9.45. The van der Waals surface area contributed by atoms with Crippen LogP contribution < -0.4 is 10.1 Å². The molecular weight excluding hydrogens is 430 g/mol. The number of carbonyl (C=O) groups is 2. The van der Waals surface area contributed by atoms with E-state index in [-0.39, 0.29) is 24.1 Å². The highest BCUT2D eigenvalue weighted by atomic mass is 16.5. The van der Waals surface area contributed by atoms with E-state index in [1.807, 2.05) is 18.2 Å². The molecule has 0 bridgehead atoms. The fraction of sp³-hybridized carbons (Fsp3) is 0.333. The van der Waals surface area contributed by atoms with Crippen molar-refractivity contribution in [3.05, 3.63) is 65.0 Å². The molecule has 2 amide bonds. The first-order valence-electron chi connectivity index (χ1n) is 11.6. The van der Waals surface area contributed by atoms with Gasteiger partial charge in [-0.1, -0.05) is 26.0 Å². The Hall–Kier alpha value is -3.74. The molecule has 1 atom stereocenters. The average Bonchev–Trinajstić information content (AvgIpc) is 3.28. The van der Waals surface area contributed by atoms with Gasteiger partial charge in [-0.05, 0) is 47.7 Å². The molecule has 7 nitrogen and oxygen atoms in total. The highest BCUT2D eigenvalue weighted by Crippen LogP contribution is 2.47. The molecule has 0 aliphatic carbocycles. The minimum absolute atomic E-state index is 0.0374. The maximum atomic E-state index is 13.6. The standard InChI is InChI=1S/C27H29N3O4/c1-15(2)10-11-29-13-18-24(17-8-9-22(32)23(12-17)34-4)26-20(14-30(16(3)31)27(26)33)28-19-6-5-7-21(29)25(18)19/h5-9,12-13,15,24,28,32H,10-11,14H2,1-4H3/t24-/m0/s1. The summed E-state index contributed by atoms with van der Waals surface area (Å²) in [4.78, 5) is 27.1. The normalized spacial score (nSPS) is 17.3. The van der Waals surface area contributed by atoms with E-state index in [4.69, 9.17) is 4.74 Å². The van der Waals surface area contributed by atoms with Crippen molar-refractivity contribution in [3.8, 4) is 11.5 Å².